The molecule has 18 nitrogen and oxygen atoms in total. The van der Waals surface area contributed by atoms with Crippen LogP contribution in [0.4, 0.5) is 21.0 Å². The van der Waals surface area contributed by atoms with E-state index in [4.69, 9.17) is 22.3 Å². The quantitative estimate of drug-likeness (QED) is 0.0703. The second-order valence-corrected chi connectivity index (χ2v) is 15.9. The van der Waals surface area contributed by atoms with Crippen LogP contribution in [0.5, 0.6) is 0 Å². The monoisotopic (exact) mass is 932 g/mol. The van der Waals surface area contributed by atoms with E-state index in [2.05, 4.69) is 25.0 Å². The summed E-state index contributed by atoms with van der Waals surface area (Å²) in [4.78, 5) is 114. The molecule has 0 radical (unpaired) electrons. The molecule has 8 amide bonds. The number of aliphatic hydroxyl groups excluding tert-OH is 2. The predicted octanol–water partition coefficient (Wildman–Crippen LogP) is 4.12. The smallest absolute Gasteiger partial charge is 0.338 e. The van der Waals surface area contributed by atoms with E-state index < -0.39 is 98.5 Å². The lowest BCUT2D eigenvalue weighted by molar-refractivity contribution is 0.0110. The van der Waals surface area contributed by atoms with Crippen LogP contribution in [-0.2, 0) is 9.47 Å². The van der Waals surface area contributed by atoms with Crippen molar-refractivity contribution in [2.75, 3.05) is 49.2 Å². The van der Waals surface area contributed by atoms with Crippen LogP contribution in [0.15, 0.2) is 110 Å². The van der Waals surface area contributed by atoms with E-state index in [-0.39, 0.29) is 65.3 Å². The Labute approximate surface area is 396 Å². The number of imide groups is 2. The zero-order valence-electron chi connectivity index (χ0n) is 36.0. The first kappa shape index (κ1) is 48.1. The molecule has 69 heavy (non-hydrogen) atoms. The van der Waals surface area contributed by atoms with Crippen LogP contribution in [0.2, 0.25) is 0 Å². The van der Waals surface area contributed by atoms with E-state index in [9.17, 15) is 48.6 Å². The number of β-amino-alcohol motifs (C(OH)–C–C–N with tert-alkyl or cyclic N) is 2. The number of hydrogen-bond donors (Lipinski definition) is 2. The molecule has 2 fully saturated rings. The van der Waals surface area contributed by atoms with Gasteiger partial charge in [-0.1, -0.05) is 31.4 Å². The molecule has 8 rings (SSSR count). The van der Waals surface area contributed by atoms with Crippen LogP contribution in [0, 0.1) is 24.7 Å². The van der Waals surface area contributed by atoms with Crippen LogP contribution in [0.25, 0.3) is 0 Å². The molecular formula is C51H44N6O12. The summed E-state index contributed by atoms with van der Waals surface area (Å²) in [5.41, 5.74) is 1.53. The molecule has 0 saturated carbocycles. The third kappa shape index (κ3) is 8.69. The minimum atomic E-state index is -1.52. The standard InChI is InChI=1S/C50H40N6O12.CH4/c1-5-21-51-41-42(52(22-6-2)49(51)65)54(26-36(58)28-68-48(64)32-14-20-38-40(24-32)46(62)56(44(38)60)34-17-11-30(8-4)12-18-34)50(66)53(41)25-35(57)27-67-47(63)31-13-19-37-39(23-31)45(61)55(43(37)59)33-15-9-29(7-3)10-16-33;/h3-6,9-20,23-24,35-36,41-42,57-58H,1-2,21-22,25-28H2;1H4. The van der Waals surface area contributed by atoms with Gasteiger partial charge in [-0.05, 0) is 84.9 Å². The summed E-state index contributed by atoms with van der Waals surface area (Å²) in [5, 5.41) is 22.4. The molecule has 4 aliphatic heterocycles. The van der Waals surface area contributed by atoms with Crippen LogP contribution in [0.1, 0.15) is 80.7 Å². The number of hydrogen-bond acceptors (Lipinski definition) is 12. The number of nitrogens with zero attached hydrogens (tertiary/aromatic N) is 6. The molecule has 4 aliphatic rings. The van der Waals surface area contributed by atoms with Crippen molar-refractivity contribution in [3.8, 4) is 24.7 Å². The number of esters is 2. The highest BCUT2D eigenvalue weighted by Gasteiger charge is 2.59. The maximum Gasteiger partial charge on any atom is 0.338 e. The predicted molar refractivity (Wildman–Crippen MR) is 249 cm³/mol. The van der Waals surface area contributed by atoms with E-state index >= 15 is 0 Å². The lowest BCUT2D eigenvalue weighted by Gasteiger charge is -2.30. The molecule has 4 aromatic rings. The Bertz CT molecular complexity index is 2730. The first-order valence-electron chi connectivity index (χ1n) is 21.0. The van der Waals surface area contributed by atoms with Crippen molar-refractivity contribution < 1.29 is 58.0 Å². The Morgan fingerprint density at radius 2 is 0.913 bits per heavy atom. The van der Waals surface area contributed by atoms with Gasteiger partial charge in [0.05, 0.1) is 57.8 Å². The van der Waals surface area contributed by atoms with E-state index in [1.54, 1.807) is 24.3 Å². The number of fused-ring (bicyclic) bond motifs is 3. The molecule has 18 heteroatoms. The van der Waals surface area contributed by atoms with Crippen LogP contribution < -0.4 is 9.80 Å². The third-order valence-electron chi connectivity index (χ3n) is 11.6. The number of anilines is 2. The topological polar surface area (TPSA) is 215 Å². The number of amides is 8. The molecule has 350 valence electrons. The second kappa shape index (κ2) is 19.6. The van der Waals surface area contributed by atoms with Gasteiger partial charge in [-0.2, -0.15) is 0 Å². The highest BCUT2D eigenvalue weighted by atomic mass is 16.5. The summed E-state index contributed by atoms with van der Waals surface area (Å²) in [6, 6.07) is 18.9. The van der Waals surface area contributed by atoms with Gasteiger partial charge in [-0.25, -0.2) is 29.0 Å². The zero-order valence-corrected chi connectivity index (χ0v) is 36.0. The van der Waals surface area contributed by atoms with Crippen molar-refractivity contribution >= 4 is 59.0 Å². The van der Waals surface area contributed by atoms with Gasteiger partial charge >= 0.3 is 24.0 Å². The molecule has 0 bridgehead atoms. The van der Waals surface area contributed by atoms with Gasteiger partial charge < -0.3 is 19.7 Å². The molecule has 4 unspecified atom stereocenters. The minimum Gasteiger partial charge on any atom is -0.459 e. The largest absolute Gasteiger partial charge is 0.459 e. The molecule has 2 saturated heterocycles. The van der Waals surface area contributed by atoms with Gasteiger partial charge in [0.1, 0.15) is 37.8 Å². The summed E-state index contributed by atoms with van der Waals surface area (Å²) in [7, 11) is 0. The summed E-state index contributed by atoms with van der Waals surface area (Å²) < 4.78 is 10.8. The summed E-state index contributed by atoms with van der Waals surface area (Å²) >= 11 is 0. The Hall–Kier alpha value is -8.84. The lowest BCUT2D eigenvalue weighted by Crippen LogP contribution is -2.50. The highest BCUT2D eigenvalue weighted by Crippen LogP contribution is 2.36. The normalized spacial score (nSPS) is 17.7. The van der Waals surface area contributed by atoms with E-state index in [1.807, 2.05) is 0 Å². The number of urea groups is 2. The van der Waals surface area contributed by atoms with Crippen molar-refractivity contribution in [2.45, 2.75) is 32.0 Å². The van der Waals surface area contributed by atoms with E-state index in [0.29, 0.717) is 11.1 Å². The number of carbonyl (C=O) groups is 8. The molecular weight excluding hydrogens is 889 g/mol. The Balaban J connectivity index is 0.00000703. The van der Waals surface area contributed by atoms with Gasteiger partial charge in [0.15, 0.2) is 0 Å². The van der Waals surface area contributed by atoms with Crippen molar-refractivity contribution in [3.63, 3.8) is 0 Å². The Kier molecular flexibility index (Phi) is 13.6. The molecule has 0 aromatic heterocycles. The maximum absolute atomic E-state index is 14.2. The number of aliphatic hydroxyl groups is 2. The summed E-state index contributed by atoms with van der Waals surface area (Å²) in [6.07, 6.45) is 8.62. The lowest BCUT2D eigenvalue weighted by atomic mass is 10.1. The minimum absolute atomic E-state index is 0. The highest BCUT2D eigenvalue weighted by molar-refractivity contribution is 6.35. The van der Waals surface area contributed by atoms with E-state index in [1.165, 1.54) is 92.4 Å². The first-order chi connectivity index (χ1) is 32.7. The summed E-state index contributed by atoms with van der Waals surface area (Å²) in [5.74, 6) is 0.502. The Morgan fingerprint density at radius 1 is 0.565 bits per heavy atom. The van der Waals surface area contributed by atoms with Crippen LogP contribution >= 0.6 is 0 Å². The number of benzene rings is 4. The van der Waals surface area contributed by atoms with Crippen LogP contribution in [0.3, 0.4) is 0 Å². The van der Waals surface area contributed by atoms with Crippen molar-refractivity contribution in [1.82, 2.24) is 19.6 Å². The van der Waals surface area contributed by atoms with E-state index in [0.717, 1.165) is 9.80 Å². The second-order valence-electron chi connectivity index (χ2n) is 15.9. The Morgan fingerprint density at radius 3 is 1.26 bits per heavy atom. The molecule has 4 aromatic carbocycles. The van der Waals surface area contributed by atoms with Gasteiger partial charge in [0, 0.05) is 24.2 Å². The number of ether oxygens (including phenoxy) is 2. The van der Waals surface area contributed by atoms with Crippen molar-refractivity contribution in [2.24, 2.45) is 0 Å². The maximum atomic E-state index is 14.2. The fourth-order valence-electron chi connectivity index (χ4n) is 8.47. The molecule has 4 atom stereocenters. The summed E-state index contributed by atoms with van der Waals surface area (Å²) in [6.45, 7) is 5.22. The average molecular weight is 933 g/mol. The fraction of sp³-hybridized carbons (Fsp3) is 0.216. The zero-order chi connectivity index (χ0) is 48.6. The van der Waals surface area contributed by atoms with Crippen LogP contribution in [-0.4, -0.2) is 141 Å². The van der Waals surface area contributed by atoms with Crippen molar-refractivity contribution in [3.05, 3.63) is 155 Å². The van der Waals surface area contributed by atoms with Gasteiger partial charge in [-0.3, -0.25) is 38.8 Å². The molecule has 0 spiro atoms. The van der Waals surface area contributed by atoms with Gasteiger partial charge in [-0.15, -0.1) is 26.0 Å². The van der Waals surface area contributed by atoms with Gasteiger partial charge in [0.2, 0.25) is 0 Å². The number of terminal acetylenes is 2. The fourth-order valence-corrected chi connectivity index (χ4v) is 8.47. The number of carbonyl (C=O) groups excluding carboxylic acids is 8. The van der Waals surface area contributed by atoms with Crippen molar-refractivity contribution in [1.29, 1.82) is 0 Å². The van der Waals surface area contributed by atoms with Gasteiger partial charge in [0.25, 0.3) is 23.6 Å². The molecule has 0 aliphatic carbocycles. The number of rotatable bonds is 16. The molecule has 4 heterocycles. The first-order valence-corrected chi connectivity index (χ1v) is 21.0. The SMILES string of the molecule is C.C#Cc1ccc(N2C(=O)c3ccc(C(=O)OCC(O)CN4C(=O)N(CC(O)COC(=O)c5ccc6c(c5)C(=O)N(c5ccc(C#C)cc5)C6=O)C5C4N(CC=C)C(=O)N5CC=C)cc3C2=O)cc1. The average Bonchev–Trinajstić information content (AvgIpc) is 3.96. The molecule has 2 N–H and O–H groups in total. The third-order valence-corrected chi connectivity index (χ3v) is 11.6.